The van der Waals surface area contributed by atoms with Gasteiger partial charge >= 0.3 is 0 Å². The smallest absolute Gasteiger partial charge is 0.114 e. The Morgan fingerprint density at radius 1 is 1.71 bits per heavy atom. The highest BCUT2D eigenvalue weighted by Crippen LogP contribution is 2.33. The molecule has 0 saturated heterocycles. The summed E-state index contributed by atoms with van der Waals surface area (Å²) in [4.78, 5) is 0. The van der Waals surface area contributed by atoms with E-state index in [-0.39, 0.29) is 11.7 Å². The van der Waals surface area contributed by atoms with E-state index in [9.17, 15) is 4.39 Å². The fraction of sp³-hybridized carbons (Fsp3) is 0.727. The Kier molecular flexibility index (Phi) is 4.61. The second-order valence-electron chi connectivity index (χ2n) is 3.68. The normalized spacial score (nSPS) is 24.8. The third-order valence-corrected chi connectivity index (χ3v) is 2.57. The first-order chi connectivity index (χ1) is 6.79. The number of nitriles is 1. The van der Waals surface area contributed by atoms with Crippen LogP contribution in [0, 0.1) is 17.2 Å². The minimum absolute atomic E-state index is 0.109. The summed E-state index contributed by atoms with van der Waals surface area (Å²) < 4.78 is 13.5. The number of hydrogen-bond acceptors (Lipinski definition) is 2. The molecule has 1 atom stereocenters. The van der Waals surface area contributed by atoms with Crippen LogP contribution in [0.25, 0.3) is 0 Å². The van der Waals surface area contributed by atoms with Crippen molar-refractivity contribution in [3.63, 3.8) is 0 Å². The van der Waals surface area contributed by atoms with Gasteiger partial charge in [-0.1, -0.05) is 6.92 Å². The number of hydrogen-bond donors (Lipinski definition) is 1. The highest BCUT2D eigenvalue weighted by atomic mass is 19.1. The van der Waals surface area contributed by atoms with Crippen molar-refractivity contribution in [3.05, 3.63) is 11.4 Å². The van der Waals surface area contributed by atoms with E-state index in [1.807, 2.05) is 6.92 Å². The van der Waals surface area contributed by atoms with Gasteiger partial charge in [-0.15, -0.1) is 0 Å². The van der Waals surface area contributed by atoms with E-state index in [1.54, 1.807) is 0 Å². The molecule has 2 nitrogen and oxygen atoms in total. The lowest BCUT2D eigenvalue weighted by molar-refractivity contribution is 0.547. The number of nitrogens with one attached hydrogen (secondary N) is 1. The number of allylic oxidation sites excluding steroid dienone is 1. The van der Waals surface area contributed by atoms with Crippen molar-refractivity contribution in [2.45, 2.75) is 32.6 Å². The Bertz CT molecular complexity index is 253. The van der Waals surface area contributed by atoms with Gasteiger partial charge in [-0.3, -0.25) is 0 Å². The zero-order valence-corrected chi connectivity index (χ0v) is 8.65. The van der Waals surface area contributed by atoms with Crippen LogP contribution in [0.2, 0.25) is 0 Å². The average molecular weight is 196 g/mol. The second kappa shape index (κ2) is 5.77. The van der Waals surface area contributed by atoms with Gasteiger partial charge in [-0.2, -0.15) is 5.26 Å². The lowest BCUT2D eigenvalue weighted by Crippen LogP contribution is -2.17. The fourth-order valence-electron chi connectivity index (χ4n) is 1.80. The lowest BCUT2D eigenvalue weighted by Gasteiger charge is -2.06. The van der Waals surface area contributed by atoms with Gasteiger partial charge < -0.3 is 5.32 Å². The molecule has 1 rings (SSSR count). The molecule has 1 aliphatic rings. The molecule has 0 bridgehead atoms. The Morgan fingerprint density at radius 2 is 2.50 bits per heavy atom. The molecule has 0 spiro atoms. The Labute approximate surface area is 84.8 Å². The van der Waals surface area contributed by atoms with Crippen molar-refractivity contribution in [1.29, 1.82) is 5.26 Å². The highest BCUT2D eigenvalue weighted by molar-refractivity contribution is 5.22. The Hall–Kier alpha value is -0.880. The van der Waals surface area contributed by atoms with E-state index in [0.717, 1.165) is 37.8 Å². The number of halogens is 1. The Morgan fingerprint density at radius 3 is 3.14 bits per heavy atom. The first-order valence-electron chi connectivity index (χ1n) is 5.27. The van der Waals surface area contributed by atoms with Crippen LogP contribution in [0.3, 0.4) is 0 Å². The standard InChI is InChI=1S/C11H17FN2/c1-2-6-14-8-11(12)10-5-3-4-9(10)7-13/h9,14H,2-6,8H2,1H3. The van der Waals surface area contributed by atoms with Crippen molar-refractivity contribution >= 4 is 0 Å². The van der Waals surface area contributed by atoms with Crippen LogP contribution in [0.1, 0.15) is 32.6 Å². The predicted molar refractivity (Wildman–Crippen MR) is 54.2 cm³/mol. The quantitative estimate of drug-likeness (QED) is 0.701. The summed E-state index contributed by atoms with van der Waals surface area (Å²) in [6, 6.07) is 2.16. The summed E-state index contributed by atoms with van der Waals surface area (Å²) in [5.41, 5.74) is 0.733. The molecule has 0 aromatic carbocycles. The molecule has 0 amide bonds. The fourth-order valence-corrected chi connectivity index (χ4v) is 1.80. The molecule has 0 heterocycles. The topological polar surface area (TPSA) is 35.8 Å². The van der Waals surface area contributed by atoms with Gasteiger partial charge in [0.05, 0.1) is 12.0 Å². The highest BCUT2D eigenvalue weighted by Gasteiger charge is 2.23. The minimum atomic E-state index is -0.168. The first kappa shape index (κ1) is 11.2. The summed E-state index contributed by atoms with van der Waals surface area (Å²) >= 11 is 0. The molecule has 0 aromatic heterocycles. The maximum absolute atomic E-state index is 13.5. The molecular weight excluding hydrogens is 179 g/mol. The molecule has 0 radical (unpaired) electrons. The number of nitrogens with zero attached hydrogens (tertiary/aromatic N) is 1. The maximum atomic E-state index is 13.5. The SMILES string of the molecule is CCCNCC(F)=C1CCCC1C#N. The van der Waals surface area contributed by atoms with E-state index in [1.165, 1.54) is 0 Å². The molecule has 0 aliphatic heterocycles. The van der Waals surface area contributed by atoms with Crippen molar-refractivity contribution in [2.75, 3.05) is 13.1 Å². The van der Waals surface area contributed by atoms with Gasteiger partial charge in [0.1, 0.15) is 5.83 Å². The van der Waals surface area contributed by atoms with Gasteiger partial charge in [0.25, 0.3) is 0 Å². The summed E-state index contributed by atoms with van der Waals surface area (Å²) in [6.45, 7) is 3.17. The predicted octanol–water partition coefficient (Wildman–Crippen LogP) is 2.53. The Balaban J connectivity index is 2.50. The van der Waals surface area contributed by atoms with Gasteiger partial charge in [0, 0.05) is 6.54 Å². The molecule has 3 heteroatoms. The molecule has 78 valence electrons. The molecule has 1 saturated carbocycles. The molecule has 0 aromatic rings. The van der Waals surface area contributed by atoms with Gasteiger partial charge in [-0.25, -0.2) is 4.39 Å². The maximum Gasteiger partial charge on any atom is 0.114 e. The van der Waals surface area contributed by atoms with Crippen LogP contribution in [-0.4, -0.2) is 13.1 Å². The van der Waals surface area contributed by atoms with Crippen LogP contribution in [-0.2, 0) is 0 Å². The zero-order chi connectivity index (χ0) is 10.4. The van der Waals surface area contributed by atoms with E-state index in [0.29, 0.717) is 6.54 Å². The first-order valence-corrected chi connectivity index (χ1v) is 5.27. The van der Waals surface area contributed by atoms with E-state index in [4.69, 9.17) is 5.26 Å². The van der Waals surface area contributed by atoms with E-state index < -0.39 is 0 Å². The minimum Gasteiger partial charge on any atom is -0.311 e. The molecule has 1 fully saturated rings. The van der Waals surface area contributed by atoms with E-state index in [2.05, 4.69) is 11.4 Å². The van der Waals surface area contributed by atoms with Crippen LogP contribution in [0.15, 0.2) is 11.4 Å². The van der Waals surface area contributed by atoms with Crippen molar-refractivity contribution < 1.29 is 4.39 Å². The van der Waals surface area contributed by atoms with Crippen molar-refractivity contribution in [3.8, 4) is 6.07 Å². The van der Waals surface area contributed by atoms with Crippen LogP contribution in [0.5, 0.6) is 0 Å². The van der Waals surface area contributed by atoms with Crippen molar-refractivity contribution in [1.82, 2.24) is 5.32 Å². The van der Waals surface area contributed by atoms with Crippen molar-refractivity contribution in [2.24, 2.45) is 5.92 Å². The summed E-state index contributed by atoms with van der Waals surface area (Å²) in [5.74, 6) is -0.277. The molecule has 14 heavy (non-hydrogen) atoms. The average Bonchev–Trinajstić information content (AvgIpc) is 2.65. The zero-order valence-electron chi connectivity index (χ0n) is 8.65. The number of rotatable bonds is 4. The molecule has 1 unspecified atom stereocenters. The molecule has 1 N–H and O–H groups in total. The third-order valence-electron chi connectivity index (χ3n) is 2.57. The van der Waals surface area contributed by atoms with Gasteiger partial charge in [0.15, 0.2) is 0 Å². The third kappa shape index (κ3) is 2.81. The summed E-state index contributed by atoms with van der Waals surface area (Å²) in [5, 5.41) is 11.8. The van der Waals surface area contributed by atoms with Crippen LogP contribution < -0.4 is 5.32 Å². The van der Waals surface area contributed by atoms with Gasteiger partial charge in [0.2, 0.25) is 0 Å². The molecule has 1 aliphatic carbocycles. The summed E-state index contributed by atoms with van der Waals surface area (Å²) in [7, 11) is 0. The lowest BCUT2D eigenvalue weighted by atomic mass is 10.0. The monoisotopic (exact) mass is 196 g/mol. The van der Waals surface area contributed by atoms with Gasteiger partial charge in [-0.05, 0) is 37.8 Å². The summed E-state index contributed by atoms with van der Waals surface area (Å²) in [6.07, 6.45) is 3.55. The molecular formula is C11H17FN2. The van der Waals surface area contributed by atoms with E-state index >= 15 is 0 Å². The van der Waals surface area contributed by atoms with Crippen LogP contribution >= 0.6 is 0 Å². The second-order valence-corrected chi connectivity index (χ2v) is 3.68. The van der Waals surface area contributed by atoms with Crippen LogP contribution in [0.4, 0.5) is 4.39 Å². The largest absolute Gasteiger partial charge is 0.311 e.